The highest BCUT2D eigenvalue weighted by Crippen LogP contribution is 2.22. The number of likely N-dealkylation sites (N-methyl/N-ethyl adjacent to an activating group) is 1. The molecule has 4 nitrogen and oxygen atoms in total. The number of carbonyl (C=O) groups excluding carboxylic acids is 1. The molecule has 1 heterocycles. The van der Waals surface area contributed by atoms with E-state index in [1.54, 1.807) is 6.92 Å². The average Bonchev–Trinajstić information content (AvgIpc) is 3.18. The summed E-state index contributed by atoms with van der Waals surface area (Å²) in [5, 5.41) is 6.50. The maximum Gasteiger partial charge on any atom is 0.217 e. The van der Waals surface area contributed by atoms with Crippen LogP contribution in [0.5, 0.6) is 0 Å². The fourth-order valence-electron chi connectivity index (χ4n) is 4.82. The molecule has 0 aromatic carbocycles. The van der Waals surface area contributed by atoms with Gasteiger partial charge in [-0.25, -0.2) is 0 Å². The molecule has 0 spiro atoms. The summed E-state index contributed by atoms with van der Waals surface area (Å²) in [6.07, 6.45) is 31.5. The zero-order valence-corrected chi connectivity index (χ0v) is 21.7. The van der Waals surface area contributed by atoms with Crippen molar-refractivity contribution in [3.8, 4) is 0 Å². The summed E-state index contributed by atoms with van der Waals surface area (Å²) < 4.78 is 0.933. The minimum absolute atomic E-state index is 0.0604. The lowest BCUT2D eigenvalue weighted by Gasteiger charge is -2.37. The minimum atomic E-state index is 0.0604. The molecule has 0 radical (unpaired) electrons. The highest BCUT2D eigenvalue weighted by atomic mass is 16.1. The van der Waals surface area contributed by atoms with E-state index in [1.807, 2.05) is 0 Å². The van der Waals surface area contributed by atoms with Gasteiger partial charge < -0.3 is 10.6 Å². The Balaban J connectivity index is 1.97. The molecule has 2 N–H and O–H groups in total. The molecule has 0 saturated carbocycles. The molecule has 1 rings (SSSR count). The SMILES string of the molecule is CCCCCCCCCCCCCC/C=C/CCCC1NC=C[N+]1(CC)CCNC(C)=O. The number of nitrogens with zero attached hydrogens (tertiary/aromatic N) is 1. The minimum Gasteiger partial charge on any atom is -0.351 e. The topological polar surface area (TPSA) is 41.1 Å². The molecule has 0 aromatic rings. The Labute approximate surface area is 199 Å². The van der Waals surface area contributed by atoms with Crippen molar-refractivity contribution in [2.75, 3.05) is 19.6 Å². The van der Waals surface area contributed by atoms with Crippen molar-refractivity contribution in [2.24, 2.45) is 0 Å². The molecular formula is C28H54N3O+. The molecule has 2 unspecified atom stereocenters. The summed E-state index contributed by atoms with van der Waals surface area (Å²) >= 11 is 0. The number of rotatable bonds is 21. The second-order valence-corrected chi connectivity index (χ2v) is 9.70. The average molecular weight is 449 g/mol. The van der Waals surface area contributed by atoms with Gasteiger partial charge in [0.15, 0.2) is 6.17 Å². The molecule has 1 aliphatic rings. The van der Waals surface area contributed by atoms with Gasteiger partial charge in [0.05, 0.1) is 19.3 Å². The summed E-state index contributed by atoms with van der Waals surface area (Å²) in [5.74, 6) is 0.0604. The molecule has 1 aliphatic heterocycles. The molecule has 1 amide bonds. The third-order valence-electron chi connectivity index (χ3n) is 7.01. The molecule has 0 aromatic heterocycles. The van der Waals surface area contributed by atoms with Crippen LogP contribution in [0.1, 0.15) is 124 Å². The first-order valence-electron chi connectivity index (χ1n) is 13.8. The Morgan fingerprint density at radius 3 is 2.00 bits per heavy atom. The molecule has 0 fully saturated rings. The van der Waals surface area contributed by atoms with Gasteiger partial charge in [-0.1, -0.05) is 89.7 Å². The van der Waals surface area contributed by atoms with Crippen molar-refractivity contribution >= 4 is 5.91 Å². The maximum atomic E-state index is 11.2. The van der Waals surface area contributed by atoms with Crippen molar-refractivity contribution in [3.05, 3.63) is 24.6 Å². The summed E-state index contributed by atoms with van der Waals surface area (Å²) in [4.78, 5) is 11.2. The van der Waals surface area contributed by atoms with Crippen LogP contribution in [-0.4, -0.2) is 36.2 Å². The van der Waals surface area contributed by atoms with E-state index in [4.69, 9.17) is 0 Å². The smallest absolute Gasteiger partial charge is 0.217 e. The Hall–Kier alpha value is -1.29. The van der Waals surface area contributed by atoms with Crippen LogP contribution in [-0.2, 0) is 4.79 Å². The number of unbranched alkanes of at least 4 members (excludes halogenated alkanes) is 13. The van der Waals surface area contributed by atoms with Gasteiger partial charge in [0.25, 0.3) is 0 Å². The molecule has 32 heavy (non-hydrogen) atoms. The van der Waals surface area contributed by atoms with E-state index >= 15 is 0 Å². The normalized spacial score (nSPS) is 20.2. The highest BCUT2D eigenvalue weighted by molar-refractivity contribution is 5.72. The largest absolute Gasteiger partial charge is 0.351 e. The van der Waals surface area contributed by atoms with Crippen LogP contribution in [0.4, 0.5) is 0 Å². The number of quaternary nitrogens is 1. The Morgan fingerprint density at radius 1 is 0.875 bits per heavy atom. The van der Waals surface area contributed by atoms with Gasteiger partial charge in [-0.15, -0.1) is 0 Å². The monoisotopic (exact) mass is 448 g/mol. The molecule has 2 atom stereocenters. The fourth-order valence-corrected chi connectivity index (χ4v) is 4.82. The van der Waals surface area contributed by atoms with Crippen LogP contribution < -0.4 is 10.6 Å². The summed E-state index contributed by atoms with van der Waals surface area (Å²) in [7, 11) is 0. The first-order valence-corrected chi connectivity index (χ1v) is 13.8. The van der Waals surface area contributed by atoms with Crippen molar-refractivity contribution in [1.29, 1.82) is 0 Å². The molecular weight excluding hydrogens is 394 g/mol. The number of carbonyl (C=O) groups is 1. The lowest BCUT2D eigenvalue weighted by molar-refractivity contribution is -0.898. The lowest BCUT2D eigenvalue weighted by atomic mass is 10.0. The third-order valence-corrected chi connectivity index (χ3v) is 7.01. The summed E-state index contributed by atoms with van der Waals surface area (Å²) in [6, 6.07) is 0. The van der Waals surface area contributed by atoms with Gasteiger partial charge in [-0.05, 0) is 32.6 Å². The number of hydrogen-bond donors (Lipinski definition) is 2. The highest BCUT2D eigenvalue weighted by Gasteiger charge is 2.35. The number of nitrogens with one attached hydrogen (secondary N) is 2. The predicted molar refractivity (Wildman–Crippen MR) is 139 cm³/mol. The summed E-state index contributed by atoms with van der Waals surface area (Å²) in [6.45, 7) is 8.88. The Bertz CT molecular complexity index is 517. The van der Waals surface area contributed by atoms with Crippen LogP contribution in [0.15, 0.2) is 24.6 Å². The van der Waals surface area contributed by atoms with Crippen LogP contribution in [0.3, 0.4) is 0 Å². The van der Waals surface area contributed by atoms with Gasteiger partial charge in [-0.3, -0.25) is 9.28 Å². The second-order valence-electron chi connectivity index (χ2n) is 9.70. The van der Waals surface area contributed by atoms with Gasteiger partial charge in [-0.2, -0.15) is 0 Å². The molecule has 186 valence electrons. The van der Waals surface area contributed by atoms with E-state index in [9.17, 15) is 4.79 Å². The molecule has 0 saturated heterocycles. The molecule has 0 aliphatic carbocycles. The Morgan fingerprint density at radius 2 is 1.44 bits per heavy atom. The van der Waals surface area contributed by atoms with Gasteiger partial charge >= 0.3 is 0 Å². The van der Waals surface area contributed by atoms with E-state index < -0.39 is 0 Å². The zero-order valence-electron chi connectivity index (χ0n) is 21.7. The third kappa shape index (κ3) is 13.3. The molecule has 4 heteroatoms. The van der Waals surface area contributed by atoms with Crippen LogP contribution in [0, 0.1) is 0 Å². The first-order chi connectivity index (χ1) is 15.6. The predicted octanol–water partition coefficient (Wildman–Crippen LogP) is 7.18. The first kappa shape index (κ1) is 28.7. The van der Waals surface area contributed by atoms with Gasteiger partial charge in [0.1, 0.15) is 12.7 Å². The maximum absolute atomic E-state index is 11.2. The number of hydrogen-bond acceptors (Lipinski definition) is 2. The van der Waals surface area contributed by atoms with Crippen molar-refractivity contribution < 1.29 is 9.28 Å². The van der Waals surface area contributed by atoms with Crippen molar-refractivity contribution in [3.63, 3.8) is 0 Å². The molecule has 0 bridgehead atoms. The summed E-state index contributed by atoms with van der Waals surface area (Å²) in [5.41, 5.74) is 0. The quantitative estimate of drug-likeness (QED) is 0.111. The van der Waals surface area contributed by atoms with E-state index in [-0.39, 0.29) is 5.91 Å². The van der Waals surface area contributed by atoms with Crippen LogP contribution in [0.2, 0.25) is 0 Å². The van der Waals surface area contributed by atoms with Crippen molar-refractivity contribution in [2.45, 2.75) is 130 Å². The van der Waals surface area contributed by atoms with Gasteiger partial charge in [0, 0.05) is 13.3 Å². The second kappa shape index (κ2) is 19.2. The van der Waals surface area contributed by atoms with Crippen molar-refractivity contribution in [1.82, 2.24) is 10.6 Å². The van der Waals surface area contributed by atoms with Crippen LogP contribution >= 0.6 is 0 Å². The van der Waals surface area contributed by atoms with E-state index in [0.717, 1.165) is 24.1 Å². The Kier molecular flexibility index (Phi) is 17.2. The van der Waals surface area contributed by atoms with E-state index in [0.29, 0.717) is 6.17 Å². The van der Waals surface area contributed by atoms with Crippen LogP contribution in [0.25, 0.3) is 0 Å². The zero-order chi connectivity index (χ0) is 23.3. The number of allylic oxidation sites excluding steroid dienone is 2. The van der Waals surface area contributed by atoms with Gasteiger partial charge in [0.2, 0.25) is 5.91 Å². The number of amides is 1. The standard InChI is InChI=1S/C28H53N3O/c1-4-6-7-8-9-10-11-12-13-14-15-16-17-18-19-20-21-22-28-30-24-26-31(28,5-2)25-23-29-27(3)32/h18-19,24,26,28,30H,4-17,20-23,25H2,1-3H3/p+1/b19-18+. The van der Waals surface area contributed by atoms with E-state index in [1.165, 1.54) is 103 Å². The lowest BCUT2D eigenvalue weighted by Crippen LogP contribution is -2.55. The fraction of sp³-hybridized carbons (Fsp3) is 0.821. The van der Waals surface area contributed by atoms with E-state index in [2.05, 4.69) is 49.0 Å².